The molecule has 6 unspecified atom stereocenters. The highest BCUT2D eigenvalue weighted by Gasteiger charge is 2.65. The van der Waals surface area contributed by atoms with Crippen LogP contribution < -0.4 is 29.0 Å². The first-order valence-corrected chi connectivity index (χ1v) is 19.3. The van der Waals surface area contributed by atoms with Gasteiger partial charge in [0.25, 0.3) is 0 Å². The number of esters is 2. The summed E-state index contributed by atoms with van der Waals surface area (Å²) in [7, 11) is 5.10. The van der Waals surface area contributed by atoms with Crippen LogP contribution in [0.4, 0.5) is 0 Å². The number of rotatable bonds is 3. The van der Waals surface area contributed by atoms with Gasteiger partial charge in [-0.2, -0.15) is 0 Å². The molecule has 14 nitrogen and oxygen atoms in total. The van der Waals surface area contributed by atoms with Crippen molar-refractivity contribution in [1.82, 2.24) is 20.1 Å². The van der Waals surface area contributed by atoms with Gasteiger partial charge in [-0.1, -0.05) is 6.07 Å². The number of aromatic hydroxyl groups is 1. The van der Waals surface area contributed by atoms with Crippen LogP contribution in [0.2, 0.25) is 0 Å². The molecule has 0 amide bonds. The summed E-state index contributed by atoms with van der Waals surface area (Å²) in [6, 6.07) is 5.86. The Hall–Kier alpha value is -4.67. The molecule has 1 spiro atoms. The summed E-state index contributed by atoms with van der Waals surface area (Å²) < 4.78 is 36.3. The van der Waals surface area contributed by atoms with Crippen molar-refractivity contribution in [3.63, 3.8) is 0 Å². The molecule has 0 radical (unpaired) electrons. The summed E-state index contributed by atoms with van der Waals surface area (Å²) in [5, 5.41) is 29.1. The molecule has 7 aliphatic rings. The molecule has 7 aliphatic heterocycles. The summed E-state index contributed by atoms with van der Waals surface area (Å²) in [6.07, 6.45) is 0.814. The number of carbonyl (C=O) groups excluding carboxylic acids is 2. The second kappa shape index (κ2) is 11.9. The molecule has 55 heavy (non-hydrogen) atoms. The summed E-state index contributed by atoms with van der Waals surface area (Å²) >= 11 is 1.36. The van der Waals surface area contributed by atoms with Crippen LogP contribution in [-0.2, 0) is 32.0 Å². The van der Waals surface area contributed by atoms with Crippen LogP contribution in [0.1, 0.15) is 68.9 Å². The first kappa shape index (κ1) is 34.8. The Kier molecular flexibility index (Phi) is 7.54. The number of carbonyl (C=O) groups is 2. The largest absolute Gasteiger partial charge is 0.504 e. The molecule has 6 atom stereocenters. The van der Waals surface area contributed by atoms with E-state index >= 15 is 4.79 Å². The van der Waals surface area contributed by atoms with E-state index in [4.69, 9.17) is 28.4 Å². The van der Waals surface area contributed by atoms with E-state index in [0.29, 0.717) is 69.7 Å². The molecule has 1 fully saturated rings. The molecular formula is C40H42N4O10S. The van der Waals surface area contributed by atoms with Crippen molar-refractivity contribution in [2.24, 2.45) is 0 Å². The van der Waals surface area contributed by atoms with Gasteiger partial charge in [-0.15, -0.1) is 11.8 Å². The molecule has 8 heterocycles. The van der Waals surface area contributed by atoms with E-state index in [9.17, 15) is 15.0 Å². The Bertz CT molecular complexity index is 2360. The third-order valence-corrected chi connectivity index (χ3v) is 14.0. The topological polar surface area (TPSA) is 164 Å². The van der Waals surface area contributed by atoms with Crippen molar-refractivity contribution >= 4 is 34.6 Å². The van der Waals surface area contributed by atoms with Crippen molar-refractivity contribution in [3.8, 4) is 34.5 Å². The van der Waals surface area contributed by atoms with Crippen LogP contribution >= 0.6 is 11.8 Å². The molecule has 0 saturated carbocycles. The van der Waals surface area contributed by atoms with Gasteiger partial charge < -0.3 is 43.6 Å². The van der Waals surface area contributed by atoms with Crippen molar-refractivity contribution in [3.05, 3.63) is 68.9 Å². The third kappa shape index (κ3) is 4.58. The number of methoxy groups -OCH3 is 2. The molecule has 11 rings (SSSR count). The molecule has 4 N–H and O–H groups in total. The molecule has 4 aromatic rings. The van der Waals surface area contributed by atoms with Crippen LogP contribution in [0.5, 0.6) is 34.5 Å². The third-order valence-electron chi connectivity index (χ3n) is 12.4. The van der Waals surface area contributed by atoms with Crippen molar-refractivity contribution in [1.29, 1.82) is 0 Å². The summed E-state index contributed by atoms with van der Waals surface area (Å²) in [5.74, 6) is 1.27. The Morgan fingerprint density at radius 1 is 1.05 bits per heavy atom. The van der Waals surface area contributed by atoms with Crippen molar-refractivity contribution in [2.45, 2.75) is 67.6 Å². The molecule has 1 saturated heterocycles. The van der Waals surface area contributed by atoms with E-state index in [1.54, 1.807) is 7.11 Å². The SMILES string of the molecule is COc1ccc2[nH]c3c(c2c1)CCNC31SC2c3c(OC(C)=O)c(C)c4c(c3C(COC1=O)N1C2C2c3c(cc(C)c(OC)c3O)CC1(O)CN2C)OCO4. The maximum absolute atomic E-state index is 15.0. The van der Waals surface area contributed by atoms with Gasteiger partial charge in [0.15, 0.2) is 23.0 Å². The lowest BCUT2D eigenvalue weighted by molar-refractivity contribution is -0.213. The number of phenols is 1. The van der Waals surface area contributed by atoms with Gasteiger partial charge in [0.2, 0.25) is 11.7 Å². The molecule has 288 valence electrons. The average Bonchev–Trinajstić information content (AvgIpc) is 3.76. The number of likely N-dealkylation sites (N-methyl/N-ethyl adjacent to an activating group) is 1. The number of aromatic nitrogens is 1. The Morgan fingerprint density at radius 2 is 1.85 bits per heavy atom. The van der Waals surface area contributed by atoms with Gasteiger partial charge in [0.1, 0.15) is 23.8 Å². The Labute approximate surface area is 320 Å². The number of nitrogens with one attached hydrogen (secondary N) is 2. The summed E-state index contributed by atoms with van der Waals surface area (Å²) in [4.78, 5) is 34.3. The number of piperazine rings is 1. The number of aryl methyl sites for hydroxylation is 1. The lowest BCUT2D eigenvalue weighted by atomic mass is 9.78. The molecule has 1 aromatic heterocycles. The van der Waals surface area contributed by atoms with E-state index in [0.717, 1.165) is 27.6 Å². The lowest BCUT2D eigenvalue weighted by Crippen LogP contribution is -2.69. The van der Waals surface area contributed by atoms with Crippen LogP contribution in [0.15, 0.2) is 24.3 Å². The molecular weight excluding hydrogens is 729 g/mol. The first-order valence-electron chi connectivity index (χ1n) is 18.4. The molecule has 4 bridgehead atoms. The van der Waals surface area contributed by atoms with Gasteiger partial charge in [0, 0.05) is 65.6 Å². The quantitative estimate of drug-likeness (QED) is 0.174. The molecule has 0 aliphatic carbocycles. The lowest BCUT2D eigenvalue weighted by Gasteiger charge is -2.60. The number of phenolic OH excluding ortho intramolecular Hbond substituents is 1. The zero-order valence-electron chi connectivity index (χ0n) is 31.3. The second-order valence-corrected chi connectivity index (χ2v) is 16.8. The zero-order chi connectivity index (χ0) is 38.3. The number of cyclic esters (lactones) is 1. The van der Waals surface area contributed by atoms with E-state index in [-0.39, 0.29) is 32.1 Å². The number of thioether (sulfide) groups is 1. The number of hydrogen-bond acceptors (Lipinski definition) is 14. The standard InChI is InChI=1S/C40H42N4O10S/c1-17-11-20-13-39(48)15-43(4)29(26(20)31(46)32(17)50-6)30-36-28-27(35-34(52-16-53-35)18(2)33(28)54-19(3)45)25(44(30)39)14-51-38(47)40(55-36)37-22(9-10-41-40)23-12-21(49-5)7-8-24(23)42-37/h7-8,11-12,25,29-30,36,41-42,46,48H,9-10,13-16H2,1-6H3. The number of aromatic amines is 1. The van der Waals surface area contributed by atoms with Crippen LogP contribution in [0, 0.1) is 13.8 Å². The fraction of sp³-hybridized carbons (Fsp3) is 0.450. The Morgan fingerprint density at radius 3 is 2.62 bits per heavy atom. The predicted octanol–water partition coefficient (Wildman–Crippen LogP) is 4.15. The van der Waals surface area contributed by atoms with Gasteiger partial charge in [-0.05, 0) is 62.2 Å². The van der Waals surface area contributed by atoms with Gasteiger partial charge in [-0.25, -0.2) is 4.79 Å². The molecule has 3 aromatic carbocycles. The number of aliphatic hydroxyl groups is 1. The minimum atomic E-state index is -1.51. The second-order valence-electron chi connectivity index (χ2n) is 15.4. The predicted molar refractivity (Wildman–Crippen MR) is 200 cm³/mol. The number of benzene rings is 3. The number of nitrogens with zero attached hydrogens (tertiary/aromatic N) is 2. The number of fused-ring (bicyclic) bond motifs is 6. The number of ether oxygens (including phenoxy) is 6. The van der Waals surface area contributed by atoms with E-state index in [1.165, 1.54) is 25.8 Å². The monoisotopic (exact) mass is 770 g/mol. The smallest absolute Gasteiger partial charge is 0.343 e. The highest BCUT2D eigenvalue weighted by molar-refractivity contribution is 8.01. The maximum Gasteiger partial charge on any atom is 0.343 e. The average molecular weight is 771 g/mol. The van der Waals surface area contributed by atoms with Crippen molar-refractivity contribution < 1.29 is 48.2 Å². The van der Waals surface area contributed by atoms with Crippen LogP contribution in [0.25, 0.3) is 10.9 Å². The number of H-pyrrole nitrogens is 1. The van der Waals surface area contributed by atoms with Gasteiger partial charge in [0.05, 0.1) is 37.2 Å². The van der Waals surface area contributed by atoms with E-state index in [2.05, 4.69) is 20.1 Å². The minimum absolute atomic E-state index is 0.00757. The van der Waals surface area contributed by atoms with E-state index < -0.39 is 45.9 Å². The summed E-state index contributed by atoms with van der Waals surface area (Å²) in [6.45, 7) is 5.54. The maximum atomic E-state index is 15.0. The van der Waals surface area contributed by atoms with Crippen LogP contribution in [-0.4, -0.2) is 96.5 Å². The minimum Gasteiger partial charge on any atom is -0.504 e. The normalized spacial score (nSPS) is 29.0. The Balaban J connectivity index is 1.30. The van der Waals surface area contributed by atoms with Crippen LogP contribution in [0.3, 0.4) is 0 Å². The first-order chi connectivity index (χ1) is 26.4. The fourth-order valence-corrected chi connectivity index (χ4v) is 12.2. The van der Waals surface area contributed by atoms with Gasteiger partial charge in [-0.3, -0.25) is 19.9 Å². The van der Waals surface area contributed by atoms with Crippen molar-refractivity contribution in [2.75, 3.05) is 47.8 Å². The van der Waals surface area contributed by atoms with E-state index in [1.807, 2.05) is 45.2 Å². The zero-order valence-corrected chi connectivity index (χ0v) is 32.1. The number of hydrogen-bond donors (Lipinski definition) is 4. The molecule has 15 heteroatoms. The summed E-state index contributed by atoms with van der Waals surface area (Å²) in [5.41, 5.74) is 5.01. The van der Waals surface area contributed by atoms with Gasteiger partial charge >= 0.3 is 11.9 Å². The fourth-order valence-electron chi connectivity index (χ4n) is 10.5. The highest BCUT2D eigenvalue weighted by atomic mass is 32.2. The highest BCUT2D eigenvalue weighted by Crippen LogP contribution is 2.67.